The zero-order valence-corrected chi connectivity index (χ0v) is 20.7. The van der Waals surface area contributed by atoms with Crippen molar-refractivity contribution in [2.75, 3.05) is 7.05 Å². The summed E-state index contributed by atoms with van der Waals surface area (Å²) >= 11 is 0. The number of halogens is 4. The van der Waals surface area contributed by atoms with Crippen LogP contribution < -0.4 is 5.32 Å². The van der Waals surface area contributed by atoms with E-state index in [2.05, 4.69) is 5.32 Å². The number of alkyl halides is 3. The van der Waals surface area contributed by atoms with E-state index in [-0.39, 0.29) is 17.4 Å². The molecule has 0 bridgehead atoms. The maximum Gasteiger partial charge on any atom is 0.416 e. The van der Waals surface area contributed by atoms with Crippen molar-refractivity contribution < 1.29 is 30.8 Å². The Hall–Kier alpha value is -3.24. The lowest BCUT2D eigenvalue weighted by atomic mass is 10.0. The minimum Gasteiger partial charge on any atom is -0.351 e. The van der Waals surface area contributed by atoms with Gasteiger partial charge in [-0.3, -0.25) is 4.79 Å². The number of sulfonamides is 1. The van der Waals surface area contributed by atoms with Crippen molar-refractivity contribution in [2.24, 2.45) is 5.92 Å². The zero-order valence-electron chi connectivity index (χ0n) is 19.9. The van der Waals surface area contributed by atoms with Gasteiger partial charge in [0.2, 0.25) is 15.9 Å². The molecular formula is C26H26F4N2O3S. The minimum atomic E-state index is -4.42. The molecule has 36 heavy (non-hydrogen) atoms. The van der Waals surface area contributed by atoms with Crippen LogP contribution in [0.15, 0.2) is 77.7 Å². The number of carbonyl (C=O) groups excluding carboxylic acids is 1. The average Bonchev–Trinajstić information content (AvgIpc) is 2.82. The van der Waals surface area contributed by atoms with Crippen LogP contribution in [0, 0.1) is 11.7 Å². The maximum atomic E-state index is 13.2. The summed E-state index contributed by atoms with van der Waals surface area (Å²) in [6.45, 7) is 3.51. The van der Waals surface area contributed by atoms with Crippen LogP contribution in [0.2, 0.25) is 0 Å². The van der Waals surface area contributed by atoms with E-state index >= 15 is 0 Å². The molecule has 10 heteroatoms. The van der Waals surface area contributed by atoms with Gasteiger partial charge in [0.25, 0.3) is 0 Å². The molecule has 0 aliphatic heterocycles. The largest absolute Gasteiger partial charge is 0.416 e. The molecule has 3 rings (SSSR count). The normalized spacial score (nSPS) is 13.1. The average molecular weight is 523 g/mol. The van der Waals surface area contributed by atoms with Gasteiger partial charge in [0.1, 0.15) is 11.9 Å². The summed E-state index contributed by atoms with van der Waals surface area (Å²) in [7, 11) is -2.76. The first-order chi connectivity index (χ1) is 16.8. The standard InChI is InChI=1S/C26H26F4N2O3S/c1-17(2)24(32(3)36(34,35)23-13-11-22(27)12-14-23)25(33)31-16-18-5-4-6-20(15-18)19-7-9-21(10-8-19)26(28,29)30/h4-15,17,24H,16H2,1-3H3,(H,31,33). The van der Waals surface area contributed by atoms with Gasteiger partial charge in [-0.05, 0) is 65.1 Å². The van der Waals surface area contributed by atoms with Crippen LogP contribution in [-0.2, 0) is 27.5 Å². The summed E-state index contributed by atoms with van der Waals surface area (Å²) in [5, 5.41) is 2.75. The quantitative estimate of drug-likeness (QED) is 0.399. The van der Waals surface area contributed by atoms with Crippen molar-refractivity contribution in [1.82, 2.24) is 9.62 Å². The van der Waals surface area contributed by atoms with E-state index in [0.29, 0.717) is 16.7 Å². The molecule has 0 aromatic heterocycles. The van der Waals surface area contributed by atoms with Crippen LogP contribution in [0.4, 0.5) is 17.6 Å². The highest BCUT2D eigenvalue weighted by Gasteiger charge is 2.35. The first-order valence-corrected chi connectivity index (χ1v) is 12.5. The number of rotatable bonds is 8. The van der Waals surface area contributed by atoms with Crippen LogP contribution >= 0.6 is 0 Å². The summed E-state index contributed by atoms with van der Waals surface area (Å²) in [4.78, 5) is 12.9. The van der Waals surface area contributed by atoms with E-state index in [4.69, 9.17) is 0 Å². The van der Waals surface area contributed by atoms with E-state index in [0.717, 1.165) is 40.7 Å². The smallest absolute Gasteiger partial charge is 0.351 e. The maximum absolute atomic E-state index is 13.2. The van der Waals surface area contributed by atoms with Gasteiger partial charge in [-0.1, -0.05) is 44.2 Å². The Kier molecular flexibility index (Phi) is 8.20. The number of hydrogen-bond acceptors (Lipinski definition) is 3. The Bertz CT molecular complexity index is 1310. The molecule has 1 unspecified atom stereocenters. The van der Waals surface area contributed by atoms with Gasteiger partial charge in [-0.15, -0.1) is 0 Å². The Labute approximate surface area is 207 Å². The van der Waals surface area contributed by atoms with Crippen molar-refractivity contribution in [3.63, 3.8) is 0 Å². The number of amides is 1. The third-order valence-electron chi connectivity index (χ3n) is 5.72. The van der Waals surface area contributed by atoms with Gasteiger partial charge >= 0.3 is 6.18 Å². The number of carbonyl (C=O) groups is 1. The summed E-state index contributed by atoms with van der Waals surface area (Å²) in [6, 6.07) is 15.1. The summed E-state index contributed by atoms with van der Waals surface area (Å²) < 4.78 is 78.7. The fraction of sp³-hybridized carbons (Fsp3) is 0.269. The minimum absolute atomic E-state index is 0.0843. The van der Waals surface area contributed by atoms with Crippen molar-refractivity contribution in [2.45, 2.75) is 37.5 Å². The van der Waals surface area contributed by atoms with Crippen molar-refractivity contribution in [3.8, 4) is 11.1 Å². The van der Waals surface area contributed by atoms with E-state index < -0.39 is 39.5 Å². The van der Waals surface area contributed by atoms with E-state index in [9.17, 15) is 30.8 Å². The van der Waals surface area contributed by atoms with Gasteiger partial charge < -0.3 is 5.32 Å². The van der Waals surface area contributed by atoms with Gasteiger partial charge in [-0.25, -0.2) is 12.8 Å². The van der Waals surface area contributed by atoms with Gasteiger partial charge in [0, 0.05) is 13.6 Å². The molecular weight excluding hydrogens is 496 g/mol. The molecule has 5 nitrogen and oxygen atoms in total. The summed E-state index contributed by atoms with van der Waals surface area (Å²) in [5.74, 6) is -1.46. The van der Waals surface area contributed by atoms with Gasteiger partial charge in [0.15, 0.2) is 0 Å². The molecule has 0 aliphatic rings. The molecule has 3 aromatic carbocycles. The van der Waals surface area contributed by atoms with Crippen LogP contribution in [0.25, 0.3) is 11.1 Å². The second-order valence-electron chi connectivity index (χ2n) is 8.66. The predicted octanol–water partition coefficient (Wildman–Crippen LogP) is 5.47. The molecule has 0 saturated carbocycles. The highest BCUT2D eigenvalue weighted by atomic mass is 32.2. The fourth-order valence-corrected chi connectivity index (χ4v) is 5.27. The van der Waals surface area contributed by atoms with Crippen LogP contribution in [0.5, 0.6) is 0 Å². The predicted molar refractivity (Wildman–Crippen MR) is 129 cm³/mol. The molecule has 0 radical (unpaired) electrons. The zero-order chi connectivity index (χ0) is 26.7. The lowest BCUT2D eigenvalue weighted by Gasteiger charge is -2.29. The Balaban J connectivity index is 1.74. The molecule has 1 amide bonds. The van der Waals surface area contributed by atoms with Crippen molar-refractivity contribution in [1.29, 1.82) is 0 Å². The summed E-state index contributed by atoms with van der Waals surface area (Å²) in [5.41, 5.74) is 1.20. The van der Waals surface area contributed by atoms with Crippen molar-refractivity contribution in [3.05, 3.63) is 89.7 Å². The van der Waals surface area contributed by atoms with Crippen LogP contribution in [0.1, 0.15) is 25.0 Å². The third-order valence-corrected chi connectivity index (χ3v) is 7.58. The first-order valence-electron chi connectivity index (χ1n) is 11.1. The van der Waals surface area contributed by atoms with Crippen LogP contribution in [0.3, 0.4) is 0 Å². The second-order valence-corrected chi connectivity index (χ2v) is 10.7. The topological polar surface area (TPSA) is 66.5 Å². The van der Waals surface area contributed by atoms with Gasteiger partial charge in [-0.2, -0.15) is 17.5 Å². The Morgan fingerprint density at radius 1 is 0.944 bits per heavy atom. The third kappa shape index (κ3) is 6.30. The van der Waals surface area contributed by atoms with Crippen molar-refractivity contribution >= 4 is 15.9 Å². The highest BCUT2D eigenvalue weighted by molar-refractivity contribution is 7.89. The molecule has 0 saturated heterocycles. The number of likely N-dealkylation sites (N-methyl/N-ethyl adjacent to an activating group) is 1. The molecule has 1 atom stereocenters. The molecule has 0 aliphatic carbocycles. The second kappa shape index (κ2) is 10.8. The number of nitrogens with zero attached hydrogens (tertiary/aromatic N) is 1. The molecule has 192 valence electrons. The molecule has 0 fully saturated rings. The first kappa shape index (κ1) is 27.3. The lowest BCUT2D eigenvalue weighted by Crippen LogP contribution is -2.50. The number of hydrogen-bond donors (Lipinski definition) is 1. The molecule has 3 aromatic rings. The number of nitrogens with one attached hydrogen (secondary N) is 1. The summed E-state index contributed by atoms with van der Waals surface area (Å²) in [6.07, 6.45) is -4.42. The van der Waals surface area contributed by atoms with Gasteiger partial charge in [0.05, 0.1) is 10.5 Å². The Morgan fingerprint density at radius 3 is 2.11 bits per heavy atom. The molecule has 0 spiro atoms. The number of benzene rings is 3. The lowest BCUT2D eigenvalue weighted by molar-refractivity contribution is -0.137. The van der Waals surface area contributed by atoms with Crippen LogP contribution in [-0.4, -0.2) is 31.7 Å². The highest BCUT2D eigenvalue weighted by Crippen LogP contribution is 2.31. The molecule has 0 heterocycles. The Morgan fingerprint density at radius 2 is 1.56 bits per heavy atom. The molecule has 1 N–H and O–H groups in total. The monoisotopic (exact) mass is 522 g/mol. The van der Waals surface area contributed by atoms with E-state index in [1.54, 1.807) is 38.1 Å². The fourth-order valence-electron chi connectivity index (χ4n) is 3.82. The van der Waals surface area contributed by atoms with E-state index in [1.807, 2.05) is 0 Å². The SMILES string of the molecule is CC(C)C(C(=O)NCc1cccc(-c2ccc(C(F)(F)F)cc2)c1)N(C)S(=O)(=O)c1ccc(F)cc1. The van der Waals surface area contributed by atoms with E-state index in [1.165, 1.54) is 19.2 Å².